The Morgan fingerprint density at radius 3 is 0.560 bits per heavy atom. The summed E-state index contributed by atoms with van der Waals surface area (Å²) in [4.78, 5) is 151. The molecule has 0 aromatic heterocycles. The van der Waals surface area contributed by atoms with Crippen LogP contribution in [0.4, 0.5) is 28.8 Å². The number of rotatable bonds is 54. The second kappa shape index (κ2) is 45.9. The molecule has 0 saturated carbocycles. The molecule has 0 atom stereocenters. The normalized spacial score (nSPS) is 23.3. The van der Waals surface area contributed by atoms with Crippen LogP contribution in [0.15, 0.2) is 146 Å². The maximum Gasteiger partial charge on any atom is 0.321 e. The highest BCUT2D eigenvalue weighted by Gasteiger charge is 2.79. The Morgan fingerprint density at radius 1 is 0.234 bits per heavy atom. The van der Waals surface area contributed by atoms with Crippen molar-refractivity contribution in [2.75, 3.05) is 39.3 Å². The summed E-state index contributed by atoms with van der Waals surface area (Å²) < 4.78 is 0. The van der Waals surface area contributed by atoms with Gasteiger partial charge in [0.25, 0.3) is 0 Å². The van der Waals surface area contributed by atoms with E-state index in [0.717, 1.165) is 221 Å². The van der Waals surface area contributed by atoms with Gasteiger partial charge in [-0.3, -0.25) is 43.8 Å². The van der Waals surface area contributed by atoms with Crippen LogP contribution in [0.25, 0.3) is 0 Å². The number of hydrogen-bond donors (Lipinski definition) is 9. The molecule has 9 fully saturated rings. The van der Waals surface area contributed by atoms with Crippen molar-refractivity contribution in [1.29, 1.82) is 0 Å². The first-order valence-corrected chi connectivity index (χ1v) is 54.8. The third-order valence-electron chi connectivity index (χ3n) is 32.6. The van der Waals surface area contributed by atoms with Gasteiger partial charge in [0.05, 0.1) is 37.4 Å². The Balaban J connectivity index is 0.726. The molecule has 9 saturated heterocycles. The summed E-state index contributed by atoms with van der Waals surface area (Å²) in [6.45, 7) is 19.6. The Bertz CT molecular complexity index is 4890. The predicted octanol–water partition coefficient (Wildman–Crippen LogP) is 20.8. The molecule has 0 bridgehead atoms. The van der Waals surface area contributed by atoms with E-state index in [2.05, 4.69) is 199 Å². The van der Waals surface area contributed by atoms with Crippen LogP contribution in [0.1, 0.15) is 355 Å². The molecule has 15 amide bonds. The Labute approximate surface area is 838 Å². The second-order valence-corrected chi connectivity index (χ2v) is 41.9. The summed E-state index contributed by atoms with van der Waals surface area (Å²) in [5, 5.41) is 30.3. The van der Waals surface area contributed by atoms with E-state index in [1.165, 1.54) is 93.7 Å². The smallest absolute Gasteiger partial charge is 0.321 e. The molecule has 9 aliphatic rings. The van der Waals surface area contributed by atoms with Crippen LogP contribution in [0.5, 0.6) is 0 Å². The first-order chi connectivity index (χ1) is 68.6. The molecule has 756 valence electrons. The number of amides is 15. The van der Waals surface area contributed by atoms with E-state index < -0.39 is 106 Å². The van der Waals surface area contributed by atoms with Crippen LogP contribution in [0.2, 0.25) is 0 Å². The van der Waals surface area contributed by atoms with E-state index in [9.17, 15) is 0 Å². The molecule has 24 heteroatoms. The maximum atomic E-state index is 16.0. The molecule has 141 heavy (non-hydrogen) atoms. The molecule has 0 spiro atoms. The zero-order valence-electron chi connectivity index (χ0n) is 85.9. The van der Waals surface area contributed by atoms with Crippen molar-refractivity contribution >= 4 is 53.9 Å². The number of urea groups is 6. The molecular weight excluding hydrogens is 1760 g/mol. The minimum atomic E-state index is -1.44. The van der Waals surface area contributed by atoms with Gasteiger partial charge in [-0.05, 0) is 163 Å². The molecule has 7 aromatic rings. The Kier molecular flexibility index (Phi) is 33.3. The van der Waals surface area contributed by atoms with Crippen LogP contribution in [0, 0.1) is 0 Å². The monoisotopic (exact) mass is 1920 g/mol. The van der Waals surface area contributed by atoms with Crippen molar-refractivity contribution in [3.63, 3.8) is 0 Å². The van der Waals surface area contributed by atoms with Crippen molar-refractivity contribution in [1.82, 2.24) is 77.3 Å². The molecule has 9 aliphatic heterocycles. The fourth-order valence-corrected chi connectivity index (χ4v) is 25.6. The standard InChI is InChI=1S/C117H159N15O9/c1-10-19-25-31-37-43-82-49-61-88(62-50-82)112-115(91-67-55-85(56-68-91)46-40-34-28-22-13-4)127(106(136)121-112)76-94(77-128(115)107(137)122-112)118-103(133)73-100-97(16-7)101(74-104(134)119-95-78-129-108(138)123-113(89-63-51-83(52-64-89)44-38-32-26-20-11-2)116(129,130(79-95)109(139)124-113)92-69-57-86(58-70-92)47-41-35-29-23-14-5)99(18-9)102(98(100)17-8)75-105(135)120-96-80-131-110(140)125-114(90-65-53-84(54-66-90)45-39-33-27-21-12-3)117(131,132(81-96)111(141)126-114)93-71-59-87(60-72-93)48-42-36-30-24-15-6/h49-72,94-96H,10-48,73-81H2,1-9H3,(H,118,133)(H,119,134)(H,120,135)(H,121,136)(H,122,137)(H,123,138)(H,124,139)(H,125,140)(H,126,141). The largest absolute Gasteiger partial charge is 0.349 e. The fourth-order valence-electron chi connectivity index (χ4n) is 25.6. The average Bonchev–Trinajstić information content (AvgIpc) is 1.50. The maximum absolute atomic E-state index is 16.0. The summed E-state index contributed by atoms with van der Waals surface area (Å²) in [5.74, 6) is -1.19. The van der Waals surface area contributed by atoms with Crippen molar-refractivity contribution < 1.29 is 43.2 Å². The van der Waals surface area contributed by atoms with Crippen molar-refractivity contribution in [3.8, 4) is 0 Å². The molecule has 0 radical (unpaired) electrons. The third kappa shape index (κ3) is 19.9. The van der Waals surface area contributed by atoms with Gasteiger partial charge in [-0.25, -0.2) is 28.8 Å². The number of carbonyl (C=O) groups excluding carboxylic acids is 9. The molecular formula is C117H159N15O9. The molecule has 9 N–H and O–H groups in total. The van der Waals surface area contributed by atoms with Gasteiger partial charge in [0.1, 0.15) is 0 Å². The topological polar surface area (TPSA) is 281 Å². The zero-order valence-corrected chi connectivity index (χ0v) is 85.9. The minimum absolute atomic E-state index is 0.0332. The van der Waals surface area contributed by atoms with Gasteiger partial charge in [0.2, 0.25) is 17.7 Å². The van der Waals surface area contributed by atoms with Gasteiger partial charge in [-0.15, -0.1) is 0 Å². The highest BCUT2D eigenvalue weighted by atomic mass is 16.2. The second-order valence-electron chi connectivity index (χ2n) is 41.9. The zero-order chi connectivity index (χ0) is 99.1. The number of benzene rings is 7. The number of carbonyl (C=O) groups is 9. The Hall–Kier alpha value is -11.4. The summed E-state index contributed by atoms with van der Waals surface area (Å²) in [6.07, 6.45) is 40.1. The molecule has 9 heterocycles. The molecule has 16 rings (SSSR count). The fraction of sp³-hybridized carbons (Fsp3) is 0.564. The number of aryl methyl sites for hydroxylation is 6. The van der Waals surface area contributed by atoms with Gasteiger partial charge >= 0.3 is 36.2 Å². The molecule has 24 nitrogen and oxygen atoms in total. The summed E-state index contributed by atoms with van der Waals surface area (Å²) in [5.41, 5.74) is 7.11. The van der Waals surface area contributed by atoms with E-state index in [0.29, 0.717) is 36.0 Å². The van der Waals surface area contributed by atoms with Crippen LogP contribution in [-0.4, -0.2) is 141 Å². The van der Waals surface area contributed by atoms with E-state index >= 15 is 43.2 Å². The van der Waals surface area contributed by atoms with E-state index in [-0.39, 0.29) is 58.5 Å². The van der Waals surface area contributed by atoms with Crippen LogP contribution in [-0.2, 0) is 125 Å². The first kappa shape index (κ1) is 102. The number of nitrogens with zero attached hydrogens (tertiary/aromatic N) is 6. The van der Waals surface area contributed by atoms with Crippen molar-refractivity contribution in [2.45, 2.75) is 384 Å². The van der Waals surface area contributed by atoms with Crippen LogP contribution < -0.4 is 47.9 Å². The number of hydrogen-bond acceptors (Lipinski definition) is 9. The Morgan fingerprint density at radius 2 is 0.397 bits per heavy atom. The summed E-state index contributed by atoms with van der Waals surface area (Å²) in [7, 11) is 0. The summed E-state index contributed by atoms with van der Waals surface area (Å²) >= 11 is 0. The van der Waals surface area contributed by atoms with E-state index in [1.807, 2.05) is 57.2 Å². The number of nitrogens with one attached hydrogen (secondary N) is 9. The first-order valence-electron chi connectivity index (χ1n) is 54.8. The lowest BCUT2D eigenvalue weighted by atomic mass is 9.79. The quantitative estimate of drug-likeness (QED) is 0.0164. The molecule has 7 aromatic carbocycles. The highest BCUT2D eigenvalue weighted by Crippen LogP contribution is 2.59. The van der Waals surface area contributed by atoms with Gasteiger partial charge in [-0.2, -0.15) is 0 Å². The number of unbranched alkanes of at least 4 members (excludes halogenated alkanes) is 24. The van der Waals surface area contributed by atoms with Gasteiger partial charge in [0.15, 0.2) is 34.0 Å². The SMILES string of the molecule is CCCCCCCc1ccc(C23NC(=O)N4CC(NC(=O)Cc5c(CC)c(CC(=O)NC6CN7C(=O)NC8(c9ccc(CCCCCCC)cc9)NC(=O)N(C6)C78c6ccc(CCCCCCC)cc6)c(CC)c(CC(=O)NC6CN7C(=O)NC8(c9ccc(CCCCCCC)cc9)NC(=O)N(C6)C78c6ccc(CCCCCCC)cc6)c5CC)CN(C(=O)N2)C43c2ccc(CCCCCCC)cc2)cc1. The average molecular weight is 1920 g/mol. The van der Waals surface area contributed by atoms with E-state index in [4.69, 9.17) is 0 Å². The highest BCUT2D eigenvalue weighted by molar-refractivity contribution is 5.94. The van der Waals surface area contributed by atoms with Gasteiger partial charge in [-0.1, -0.05) is 362 Å². The van der Waals surface area contributed by atoms with E-state index in [1.54, 1.807) is 29.4 Å². The van der Waals surface area contributed by atoms with Crippen LogP contribution >= 0.6 is 0 Å². The molecule has 0 unspecified atom stereocenters. The van der Waals surface area contributed by atoms with Gasteiger partial charge in [0, 0.05) is 72.6 Å². The minimum Gasteiger partial charge on any atom is -0.349 e. The molecule has 0 aliphatic carbocycles. The summed E-state index contributed by atoms with van der Waals surface area (Å²) in [6, 6.07) is 45.3. The van der Waals surface area contributed by atoms with Crippen LogP contribution in [0.3, 0.4) is 0 Å². The lowest BCUT2D eigenvalue weighted by Crippen LogP contribution is -2.69. The lowest BCUT2D eigenvalue weighted by molar-refractivity contribution is -0.123. The van der Waals surface area contributed by atoms with Crippen molar-refractivity contribution in [3.05, 3.63) is 246 Å². The van der Waals surface area contributed by atoms with Crippen molar-refractivity contribution in [2.24, 2.45) is 0 Å². The third-order valence-corrected chi connectivity index (χ3v) is 32.6. The predicted molar refractivity (Wildman–Crippen MR) is 556 cm³/mol. The lowest BCUT2D eigenvalue weighted by Gasteiger charge is -2.52. The van der Waals surface area contributed by atoms with Gasteiger partial charge < -0.3 is 47.9 Å².